The molecule has 11 heteroatoms. The van der Waals surface area contributed by atoms with Crippen LogP contribution in [0.1, 0.15) is 82.6 Å². The monoisotopic (exact) mass is 499 g/mol. The highest BCUT2D eigenvalue weighted by Crippen LogP contribution is 2.48. The number of carbonyl (C=O) groups is 2. The van der Waals surface area contributed by atoms with Crippen molar-refractivity contribution in [1.82, 2.24) is 15.3 Å². The SMILES string of the molecule is CC(C)(C)OC(=O)NC1CCCCC1.CC1(C)C(=O)c2c(ccc(O)c2[N+](=O)[O-])-c2ncnc(N)c21. The molecule has 194 valence electrons. The fourth-order valence-electron chi connectivity index (χ4n) is 4.56. The van der Waals surface area contributed by atoms with E-state index >= 15 is 0 Å². The van der Waals surface area contributed by atoms with Crippen molar-refractivity contribution in [3.05, 3.63) is 39.7 Å². The molecule has 0 aliphatic heterocycles. The van der Waals surface area contributed by atoms with Gasteiger partial charge < -0.3 is 20.9 Å². The molecule has 0 bridgehead atoms. The van der Waals surface area contributed by atoms with Crippen LogP contribution in [0.25, 0.3) is 11.3 Å². The summed E-state index contributed by atoms with van der Waals surface area (Å²) < 4.78 is 5.19. The number of nitrogens with zero attached hydrogens (tertiary/aromatic N) is 3. The molecule has 2 aliphatic carbocycles. The molecule has 1 amide bonds. The predicted octanol–water partition coefficient (Wildman–Crippen LogP) is 4.66. The molecule has 1 aromatic heterocycles. The van der Waals surface area contributed by atoms with Gasteiger partial charge in [-0.3, -0.25) is 14.9 Å². The zero-order valence-electron chi connectivity index (χ0n) is 21.3. The van der Waals surface area contributed by atoms with Crippen molar-refractivity contribution < 1.29 is 24.4 Å². The zero-order chi connectivity index (χ0) is 26.8. The van der Waals surface area contributed by atoms with Crippen molar-refractivity contribution in [2.75, 3.05) is 5.73 Å². The molecular formula is C25H33N5O6. The molecule has 0 atom stereocenters. The van der Waals surface area contributed by atoms with Gasteiger partial charge in [-0.25, -0.2) is 14.8 Å². The molecule has 0 saturated heterocycles. The van der Waals surface area contributed by atoms with Crippen molar-refractivity contribution in [3.63, 3.8) is 0 Å². The maximum absolute atomic E-state index is 12.8. The maximum Gasteiger partial charge on any atom is 0.407 e. The first-order valence-electron chi connectivity index (χ1n) is 11.9. The molecule has 2 aliphatic rings. The summed E-state index contributed by atoms with van der Waals surface area (Å²) >= 11 is 0. The summed E-state index contributed by atoms with van der Waals surface area (Å²) in [5.74, 6) is -0.901. The first-order chi connectivity index (χ1) is 16.7. The van der Waals surface area contributed by atoms with E-state index in [1.54, 1.807) is 13.8 Å². The number of rotatable bonds is 2. The van der Waals surface area contributed by atoms with Gasteiger partial charge in [-0.15, -0.1) is 0 Å². The van der Waals surface area contributed by atoms with Crippen LogP contribution in [0, 0.1) is 10.1 Å². The highest BCUT2D eigenvalue weighted by Gasteiger charge is 2.46. The predicted molar refractivity (Wildman–Crippen MR) is 134 cm³/mol. The van der Waals surface area contributed by atoms with Gasteiger partial charge in [-0.2, -0.15) is 0 Å². The third kappa shape index (κ3) is 5.55. The summed E-state index contributed by atoms with van der Waals surface area (Å²) in [5.41, 5.74) is 4.67. The Morgan fingerprint density at radius 2 is 1.86 bits per heavy atom. The average Bonchev–Trinajstić information content (AvgIpc) is 2.76. The van der Waals surface area contributed by atoms with Crippen molar-refractivity contribution in [1.29, 1.82) is 0 Å². The third-order valence-corrected chi connectivity index (χ3v) is 6.22. The van der Waals surface area contributed by atoms with Crippen molar-refractivity contribution in [2.24, 2.45) is 0 Å². The van der Waals surface area contributed by atoms with Gasteiger partial charge in [-0.05, 0) is 59.6 Å². The van der Waals surface area contributed by atoms with Gasteiger partial charge in [0.15, 0.2) is 11.5 Å². The number of aromatic hydroxyl groups is 1. The van der Waals surface area contributed by atoms with Crippen LogP contribution in [0.4, 0.5) is 16.3 Å². The molecule has 1 saturated carbocycles. The molecule has 1 aromatic carbocycles. The van der Waals surface area contributed by atoms with E-state index in [0.29, 0.717) is 17.3 Å². The Hall–Kier alpha value is -3.76. The lowest BCUT2D eigenvalue weighted by molar-refractivity contribution is -0.386. The van der Waals surface area contributed by atoms with Crippen LogP contribution < -0.4 is 11.1 Å². The third-order valence-electron chi connectivity index (χ3n) is 6.22. The smallest absolute Gasteiger partial charge is 0.407 e. The van der Waals surface area contributed by atoms with E-state index in [9.17, 15) is 24.8 Å². The number of hydrogen-bond donors (Lipinski definition) is 3. The number of phenols is 1. The largest absolute Gasteiger partial charge is 0.502 e. The van der Waals surface area contributed by atoms with Gasteiger partial charge in [0.25, 0.3) is 0 Å². The van der Waals surface area contributed by atoms with E-state index in [1.807, 2.05) is 20.8 Å². The Bertz CT molecular complexity index is 1180. The van der Waals surface area contributed by atoms with Gasteiger partial charge in [-0.1, -0.05) is 19.3 Å². The van der Waals surface area contributed by atoms with Crippen LogP contribution >= 0.6 is 0 Å². The number of amides is 1. The maximum atomic E-state index is 12.8. The standard InChI is InChI=1S/C14H12N4O4.C11H21NO2/c1-14(2)9-10(16-5-17-13(9)15)6-3-4-7(19)11(18(21)22)8(6)12(14)20;1-11(2,3)14-10(13)12-9-7-5-4-6-8-9/h3-5,19H,1-2H3,(H2,15,16,17);9H,4-8H2,1-3H3,(H,12,13). The number of alkyl carbamates (subject to hydrolysis) is 1. The number of hydrogen-bond acceptors (Lipinski definition) is 9. The number of carbonyl (C=O) groups excluding carboxylic acids is 2. The van der Waals surface area contributed by atoms with Crippen molar-refractivity contribution in [3.8, 4) is 17.0 Å². The number of anilines is 1. The van der Waals surface area contributed by atoms with E-state index in [2.05, 4.69) is 15.3 Å². The number of nitrogens with one attached hydrogen (secondary N) is 1. The second-order valence-electron chi connectivity index (χ2n) is 10.5. The quantitative estimate of drug-likeness (QED) is 0.392. The van der Waals surface area contributed by atoms with Gasteiger partial charge in [0, 0.05) is 17.2 Å². The van der Waals surface area contributed by atoms with E-state index in [4.69, 9.17) is 10.5 Å². The molecule has 0 spiro atoms. The summed E-state index contributed by atoms with van der Waals surface area (Å²) in [6, 6.07) is 2.93. The number of nitro groups is 1. The number of nitrogen functional groups attached to an aromatic ring is 1. The molecule has 4 N–H and O–H groups in total. The fourth-order valence-corrected chi connectivity index (χ4v) is 4.56. The Labute approximate surface area is 209 Å². The summed E-state index contributed by atoms with van der Waals surface area (Å²) in [5, 5.41) is 24.0. The van der Waals surface area contributed by atoms with E-state index in [0.717, 1.165) is 12.8 Å². The van der Waals surface area contributed by atoms with Crippen LogP contribution in [0.3, 0.4) is 0 Å². The Balaban J connectivity index is 0.000000223. The highest BCUT2D eigenvalue weighted by atomic mass is 16.6. The lowest BCUT2D eigenvalue weighted by Crippen LogP contribution is -2.39. The first kappa shape index (κ1) is 26.8. The number of fused-ring (bicyclic) bond motifs is 3. The first-order valence-corrected chi connectivity index (χ1v) is 11.9. The molecule has 0 radical (unpaired) electrons. The van der Waals surface area contributed by atoms with Crippen molar-refractivity contribution >= 4 is 23.4 Å². The number of aromatic nitrogens is 2. The lowest BCUT2D eigenvalue weighted by Gasteiger charge is -2.31. The minimum atomic E-state index is -1.13. The number of benzene rings is 1. The molecule has 2 aromatic rings. The molecule has 4 rings (SSSR count). The van der Waals surface area contributed by atoms with Crippen LogP contribution in [0.2, 0.25) is 0 Å². The van der Waals surface area contributed by atoms with Gasteiger partial charge in [0.1, 0.15) is 23.3 Å². The average molecular weight is 500 g/mol. The Morgan fingerprint density at radius 1 is 1.22 bits per heavy atom. The molecule has 1 fully saturated rings. The van der Waals surface area contributed by atoms with E-state index < -0.39 is 33.2 Å². The summed E-state index contributed by atoms with van der Waals surface area (Å²) in [4.78, 5) is 42.7. The number of ether oxygens (including phenoxy) is 1. The number of phenolic OH excluding ortho intramolecular Hbond substituents is 1. The van der Waals surface area contributed by atoms with Crippen LogP contribution in [-0.4, -0.2) is 43.5 Å². The minimum absolute atomic E-state index is 0.152. The molecule has 0 unspecified atom stereocenters. The van der Waals surface area contributed by atoms with Crippen molar-refractivity contribution in [2.45, 2.75) is 83.8 Å². The number of ketones is 1. The summed E-state index contributed by atoms with van der Waals surface area (Å²) in [6.45, 7) is 8.85. The second kappa shape index (κ2) is 10.1. The molecule has 1 heterocycles. The Kier molecular flexibility index (Phi) is 7.51. The van der Waals surface area contributed by atoms with Gasteiger partial charge >= 0.3 is 11.8 Å². The van der Waals surface area contributed by atoms with Crippen LogP contribution in [0.15, 0.2) is 18.5 Å². The molecule has 11 nitrogen and oxygen atoms in total. The molecule has 36 heavy (non-hydrogen) atoms. The normalized spacial score (nSPS) is 16.6. The Morgan fingerprint density at radius 3 is 2.44 bits per heavy atom. The topological polar surface area (TPSA) is 171 Å². The van der Waals surface area contributed by atoms with E-state index in [-0.39, 0.29) is 23.0 Å². The van der Waals surface area contributed by atoms with Crippen LogP contribution in [-0.2, 0) is 10.2 Å². The highest BCUT2D eigenvalue weighted by molar-refractivity contribution is 6.15. The zero-order valence-corrected chi connectivity index (χ0v) is 21.3. The molecular weight excluding hydrogens is 466 g/mol. The summed E-state index contributed by atoms with van der Waals surface area (Å²) in [7, 11) is 0. The van der Waals surface area contributed by atoms with Crippen LogP contribution in [0.5, 0.6) is 5.75 Å². The lowest BCUT2D eigenvalue weighted by atomic mass is 9.70. The summed E-state index contributed by atoms with van der Waals surface area (Å²) in [6.07, 6.45) is 6.90. The van der Waals surface area contributed by atoms with Gasteiger partial charge in [0.05, 0.1) is 16.0 Å². The minimum Gasteiger partial charge on any atom is -0.502 e. The van der Waals surface area contributed by atoms with E-state index in [1.165, 1.54) is 37.7 Å². The fraction of sp³-hybridized carbons (Fsp3) is 0.520. The number of nitro benzene ring substituents is 1. The second-order valence-corrected chi connectivity index (χ2v) is 10.5. The number of Topliss-reactive ketones (excluding diaryl/α,β-unsaturated/α-hetero) is 1. The van der Waals surface area contributed by atoms with Gasteiger partial charge in [0.2, 0.25) is 0 Å². The number of nitrogens with two attached hydrogens (primary N) is 1.